The van der Waals surface area contributed by atoms with Crippen LogP contribution in [-0.2, 0) is 0 Å². The van der Waals surface area contributed by atoms with Gasteiger partial charge < -0.3 is 0 Å². The molecule has 2 radical (unpaired) electrons. The summed E-state index contributed by atoms with van der Waals surface area (Å²) in [6.07, 6.45) is 21.8. The summed E-state index contributed by atoms with van der Waals surface area (Å²) in [6.45, 7) is 12.0. The second-order valence-corrected chi connectivity index (χ2v) is 11.9. The summed E-state index contributed by atoms with van der Waals surface area (Å²) in [6, 6.07) is 0. The van der Waals surface area contributed by atoms with Crippen molar-refractivity contribution in [3.63, 3.8) is 0 Å². The standard InChI is InChI=1S/C28H55BS/c1-6-9-10-11-13-23-16-17-24(14-12-15-25(18-23)22-30)19-27(21-29)26(7-2)20-28(4,5)8-3/h23-27,30H,6-22H2,1-5H3/t23?,24?,25?,26-,27?/m1/s1. The van der Waals surface area contributed by atoms with Crippen LogP contribution >= 0.6 is 12.6 Å². The Morgan fingerprint density at radius 2 is 1.60 bits per heavy atom. The van der Waals surface area contributed by atoms with E-state index in [1.165, 1.54) is 96.3 Å². The van der Waals surface area contributed by atoms with Gasteiger partial charge in [0.15, 0.2) is 0 Å². The van der Waals surface area contributed by atoms with Crippen LogP contribution in [0.3, 0.4) is 0 Å². The first kappa shape index (κ1) is 28.4. The minimum absolute atomic E-state index is 0.454. The van der Waals surface area contributed by atoms with Gasteiger partial charge >= 0.3 is 0 Å². The summed E-state index contributed by atoms with van der Waals surface area (Å²) in [5.41, 5.74) is 0.454. The lowest BCUT2D eigenvalue weighted by molar-refractivity contribution is 0.176. The molecule has 0 N–H and O–H groups in total. The van der Waals surface area contributed by atoms with Crippen molar-refractivity contribution in [2.24, 2.45) is 35.0 Å². The zero-order valence-electron chi connectivity index (χ0n) is 21.4. The highest BCUT2D eigenvalue weighted by molar-refractivity contribution is 7.80. The van der Waals surface area contributed by atoms with Crippen LogP contribution in [0.5, 0.6) is 0 Å². The molecule has 0 aromatic carbocycles. The molecule has 4 unspecified atom stereocenters. The van der Waals surface area contributed by atoms with Gasteiger partial charge in [-0.25, -0.2) is 0 Å². The zero-order chi connectivity index (χ0) is 22.4. The Morgan fingerprint density at radius 1 is 0.900 bits per heavy atom. The van der Waals surface area contributed by atoms with E-state index in [-0.39, 0.29) is 0 Å². The van der Waals surface area contributed by atoms with E-state index in [0.29, 0.717) is 5.41 Å². The minimum Gasteiger partial charge on any atom is -0.179 e. The van der Waals surface area contributed by atoms with Gasteiger partial charge in [0.1, 0.15) is 0 Å². The number of unbranched alkanes of at least 4 members (excludes halogenated alkanes) is 3. The second kappa shape index (κ2) is 16.1. The van der Waals surface area contributed by atoms with E-state index in [9.17, 15) is 0 Å². The van der Waals surface area contributed by atoms with Crippen molar-refractivity contribution in [3.8, 4) is 0 Å². The highest BCUT2D eigenvalue weighted by Gasteiger charge is 2.29. The fraction of sp³-hybridized carbons (Fsp3) is 1.00. The predicted molar refractivity (Wildman–Crippen MR) is 142 cm³/mol. The summed E-state index contributed by atoms with van der Waals surface area (Å²) in [5, 5.41) is 0. The third-order valence-electron chi connectivity index (χ3n) is 8.50. The van der Waals surface area contributed by atoms with Gasteiger partial charge in [0, 0.05) is 0 Å². The van der Waals surface area contributed by atoms with Crippen LogP contribution in [0.1, 0.15) is 131 Å². The first-order chi connectivity index (χ1) is 14.4. The van der Waals surface area contributed by atoms with Crippen LogP contribution in [0.4, 0.5) is 0 Å². The molecule has 0 nitrogen and oxygen atoms in total. The SMILES string of the molecule is [B]CC(CC1CCCC(CS)CC(CCCCCC)CC1)[C@H](CC)CC(C)(C)CC. The lowest BCUT2D eigenvalue weighted by Crippen LogP contribution is -2.24. The number of rotatable bonds is 14. The monoisotopic (exact) mass is 434 g/mol. The predicted octanol–water partition coefficient (Wildman–Crippen LogP) is 9.54. The van der Waals surface area contributed by atoms with Gasteiger partial charge in [0.25, 0.3) is 0 Å². The molecule has 176 valence electrons. The van der Waals surface area contributed by atoms with E-state index in [1.54, 1.807) is 0 Å². The van der Waals surface area contributed by atoms with Gasteiger partial charge in [-0.05, 0) is 66.4 Å². The van der Waals surface area contributed by atoms with E-state index in [0.717, 1.165) is 41.7 Å². The maximum atomic E-state index is 6.38. The van der Waals surface area contributed by atoms with E-state index >= 15 is 0 Å². The molecule has 0 aromatic heterocycles. The molecule has 30 heavy (non-hydrogen) atoms. The molecular weight excluding hydrogens is 379 g/mol. The van der Waals surface area contributed by atoms with E-state index in [2.05, 4.69) is 34.6 Å². The molecule has 1 aliphatic rings. The molecule has 1 aliphatic carbocycles. The van der Waals surface area contributed by atoms with Gasteiger partial charge in [-0.1, -0.05) is 112 Å². The van der Waals surface area contributed by atoms with E-state index in [4.69, 9.17) is 20.5 Å². The molecular formula is C28H55BS. The van der Waals surface area contributed by atoms with Gasteiger partial charge in [-0.15, -0.1) is 0 Å². The van der Waals surface area contributed by atoms with Crippen LogP contribution in [0.25, 0.3) is 0 Å². The van der Waals surface area contributed by atoms with Crippen molar-refractivity contribution in [1.82, 2.24) is 0 Å². The molecule has 1 fully saturated rings. The summed E-state index contributed by atoms with van der Waals surface area (Å²) in [5.74, 6) is 5.29. The average molecular weight is 435 g/mol. The maximum absolute atomic E-state index is 6.38. The number of hydrogen-bond acceptors (Lipinski definition) is 1. The lowest BCUT2D eigenvalue weighted by atomic mass is 9.68. The van der Waals surface area contributed by atoms with E-state index < -0.39 is 0 Å². The molecule has 5 atom stereocenters. The molecule has 0 heterocycles. The largest absolute Gasteiger partial charge is 0.179 e. The summed E-state index contributed by atoms with van der Waals surface area (Å²) >= 11 is 4.71. The van der Waals surface area contributed by atoms with Crippen molar-refractivity contribution in [2.75, 3.05) is 5.75 Å². The van der Waals surface area contributed by atoms with Crippen molar-refractivity contribution in [3.05, 3.63) is 0 Å². The van der Waals surface area contributed by atoms with Gasteiger partial charge in [-0.3, -0.25) is 0 Å². The summed E-state index contributed by atoms with van der Waals surface area (Å²) in [4.78, 5) is 0. The average Bonchev–Trinajstić information content (AvgIpc) is 2.84. The van der Waals surface area contributed by atoms with Crippen molar-refractivity contribution in [2.45, 2.75) is 137 Å². The Morgan fingerprint density at radius 3 is 2.20 bits per heavy atom. The van der Waals surface area contributed by atoms with Crippen molar-refractivity contribution < 1.29 is 0 Å². The Hall–Kier alpha value is 0.415. The van der Waals surface area contributed by atoms with Crippen molar-refractivity contribution >= 4 is 20.5 Å². The molecule has 0 aliphatic heterocycles. The minimum atomic E-state index is 0.454. The highest BCUT2D eigenvalue weighted by Crippen LogP contribution is 2.40. The van der Waals surface area contributed by atoms with Gasteiger partial charge in [-0.2, -0.15) is 12.6 Å². The Labute approximate surface area is 198 Å². The highest BCUT2D eigenvalue weighted by atomic mass is 32.1. The van der Waals surface area contributed by atoms with Gasteiger partial charge in [0.05, 0.1) is 7.85 Å². The van der Waals surface area contributed by atoms with Gasteiger partial charge in [0.2, 0.25) is 0 Å². The smallest absolute Gasteiger partial charge is 0.0656 e. The maximum Gasteiger partial charge on any atom is 0.0656 e. The van der Waals surface area contributed by atoms with Crippen LogP contribution in [0.15, 0.2) is 0 Å². The third kappa shape index (κ3) is 11.3. The first-order valence-electron chi connectivity index (χ1n) is 13.7. The number of thiol groups is 1. The quantitative estimate of drug-likeness (QED) is 0.157. The molecule has 0 saturated heterocycles. The molecule has 1 rings (SSSR count). The van der Waals surface area contributed by atoms with Crippen LogP contribution in [0.2, 0.25) is 6.32 Å². The summed E-state index contributed by atoms with van der Waals surface area (Å²) in [7, 11) is 6.38. The molecule has 0 aromatic rings. The normalized spacial score (nSPS) is 25.9. The Balaban J connectivity index is 2.71. The Kier molecular flexibility index (Phi) is 15.3. The first-order valence-corrected chi connectivity index (χ1v) is 14.3. The van der Waals surface area contributed by atoms with E-state index in [1.807, 2.05) is 0 Å². The molecule has 0 bridgehead atoms. The van der Waals surface area contributed by atoms with Crippen molar-refractivity contribution in [1.29, 1.82) is 0 Å². The van der Waals surface area contributed by atoms with Crippen LogP contribution < -0.4 is 0 Å². The topological polar surface area (TPSA) is 0 Å². The lowest BCUT2D eigenvalue weighted by Gasteiger charge is -2.35. The fourth-order valence-electron chi connectivity index (χ4n) is 5.95. The zero-order valence-corrected chi connectivity index (χ0v) is 22.3. The number of hydrogen-bond donors (Lipinski definition) is 1. The third-order valence-corrected chi connectivity index (χ3v) is 9.02. The molecule has 0 amide bonds. The second-order valence-electron chi connectivity index (χ2n) is 11.5. The molecule has 0 spiro atoms. The molecule has 2 heteroatoms. The van der Waals surface area contributed by atoms with Crippen LogP contribution in [-0.4, -0.2) is 13.6 Å². The molecule has 1 saturated carbocycles. The Bertz CT molecular complexity index is 407. The van der Waals surface area contributed by atoms with Crippen LogP contribution in [0, 0.1) is 35.0 Å². The summed E-state index contributed by atoms with van der Waals surface area (Å²) < 4.78 is 0. The fourth-order valence-corrected chi connectivity index (χ4v) is 6.28.